The average Bonchev–Trinajstić information content (AvgIpc) is 4.07. The lowest BCUT2D eigenvalue weighted by molar-refractivity contribution is -0.573. The van der Waals surface area contributed by atoms with Crippen molar-refractivity contribution in [2.45, 2.75) is 102 Å². The summed E-state index contributed by atoms with van der Waals surface area (Å²) in [6.07, 6.45) is 15.6. The van der Waals surface area contributed by atoms with Crippen molar-refractivity contribution in [3.63, 3.8) is 0 Å². The van der Waals surface area contributed by atoms with Crippen molar-refractivity contribution in [2.24, 2.45) is 0 Å². The Kier molecular flexibility index (Phi) is 9.94. The minimum Gasteiger partial charge on any atom is -0.458 e. The zero-order chi connectivity index (χ0) is 48.8. The third-order valence-electron chi connectivity index (χ3n) is 15.2. The highest BCUT2D eigenvalue weighted by Crippen LogP contribution is 2.43. The van der Waals surface area contributed by atoms with Gasteiger partial charge in [-0.15, -0.1) is 0 Å². The Balaban J connectivity index is 0.933. The van der Waals surface area contributed by atoms with Crippen molar-refractivity contribution in [1.29, 1.82) is 0 Å². The van der Waals surface area contributed by atoms with Crippen LogP contribution in [0.25, 0.3) is 77.5 Å². The quantitative estimate of drug-likeness (QED) is 0.113. The average molecular weight is 916 g/mol. The Morgan fingerprint density at radius 1 is 0.529 bits per heavy atom. The number of fused-ring (bicyclic) bond motifs is 7. The van der Waals surface area contributed by atoms with Gasteiger partial charge < -0.3 is 9.30 Å². The normalized spacial score (nSPS) is 16.6. The van der Waals surface area contributed by atoms with Crippen LogP contribution in [-0.2, 0) is 5.41 Å². The molecule has 2 fully saturated rings. The second-order valence-corrected chi connectivity index (χ2v) is 20.6. The van der Waals surface area contributed by atoms with E-state index in [1.165, 1.54) is 40.2 Å². The lowest BCUT2D eigenvalue weighted by Gasteiger charge is -2.30. The summed E-state index contributed by atoms with van der Waals surface area (Å²) in [5.74, 6) is 0.835. The summed E-state index contributed by atoms with van der Waals surface area (Å²) in [4.78, 5) is 5.02. The molecule has 0 saturated heterocycles. The fourth-order valence-corrected chi connectivity index (χ4v) is 11.7. The van der Waals surface area contributed by atoms with Gasteiger partial charge in [-0.3, -0.25) is 13.7 Å². The van der Waals surface area contributed by atoms with Gasteiger partial charge in [-0.2, -0.15) is 0 Å². The Morgan fingerprint density at radius 3 is 1.84 bits per heavy atom. The molecule has 0 amide bonds. The van der Waals surface area contributed by atoms with E-state index in [0.29, 0.717) is 5.75 Å². The predicted octanol–water partition coefficient (Wildman–Crippen LogP) is 16.5. The van der Waals surface area contributed by atoms with Crippen LogP contribution in [0.3, 0.4) is 0 Å². The summed E-state index contributed by atoms with van der Waals surface area (Å²) in [5.41, 5.74) is 12.6. The molecule has 0 radical (unpaired) electrons. The second kappa shape index (κ2) is 17.2. The predicted molar refractivity (Wildman–Crippen MR) is 287 cm³/mol. The van der Waals surface area contributed by atoms with E-state index in [2.05, 4.69) is 197 Å². The number of benzene rings is 7. The lowest BCUT2D eigenvalue weighted by Crippen LogP contribution is -2.34. The zero-order valence-electron chi connectivity index (χ0n) is 42.4. The van der Waals surface area contributed by atoms with Crippen LogP contribution in [0.1, 0.15) is 116 Å². The van der Waals surface area contributed by atoms with E-state index in [0.717, 1.165) is 124 Å². The van der Waals surface area contributed by atoms with Crippen molar-refractivity contribution < 1.29 is 12.0 Å². The van der Waals surface area contributed by atoms with Crippen LogP contribution in [-0.4, -0.2) is 18.7 Å². The number of hydrogen-bond donors (Lipinski definition) is 0. The standard InChI is InChI=1S/C64H59N5O/c1-64(2,3)45-36-37-65-62(38-45)69-58-35-32-47(68-56-28-12-10-24-52(56)53-25-11-13-29-57(53)68)40-55(58)54-34-33-49(41-61(54)69)70-48-23-16-22-46(39-48)66-42-67(60-31-15-14-30-59(60)66)63-50(43-18-6-4-7-19-43)26-17-27-51(63)44-20-8-5-9-21-44/h10-17,22-41,43-44H,4-9,18-21H2,1-3H3/i43D,44D. The number of nitrogens with zero attached hydrogens (tertiary/aromatic N) is 5. The first-order chi connectivity index (χ1) is 35.0. The van der Waals surface area contributed by atoms with Gasteiger partial charge >= 0.3 is 0 Å². The molecule has 346 valence electrons. The Hall–Kier alpha value is -7.44. The second-order valence-electron chi connectivity index (χ2n) is 20.6. The molecule has 0 atom stereocenters. The van der Waals surface area contributed by atoms with E-state index < -0.39 is 11.8 Å². The van der Waals surface area contributed by atoms with E-state index in [1.807, 2.05) is 18.3 Å². The first kappa shape index (κ1) is 40.4. The number of ether oxygens (including phenoxy) is 1. The minimum atomic E-state index is -0.723. The molecule has 0 N–H and O–H groups in total. The van der Waals surface area contributed by atoms with Crippen LogP contribution in [0.4, 0.5) is 0 Å². The van der Waals surface area contributed by atoms with Gasteiger partial charge in [0.2, 0.25) is 0 Å². The van der Waals surface area contributed by atoms with E-state index in [9.17, 15) is 2.74 Å². The van der Waals surface area contributed by atoms with E-state index >= 15 is 0 Å². The fraction of sp³-hybridized carbons (Fsp3) is 0.250. The van der Waals surface area contributed by atoms with Crippen LogP contribution in [0.15, 0.2) is 170 Å². The molecule has 70 heavy (non-hydrogen) atoms. The van der Waals surface area contributed by atoms with Crippen LogP contribution in [0.5, 0.6) is 11.5 Å². The van der Waals surface area contributed by atoms with Gasteiger partial charge in [0.05, 0.1) is 44.5 Å². The Morgan fingerprint density at radius 2 is 1.14 bits per heavy atom. The lowest BCUT2D eigenvalue weighted by atomic mass is 9.78. The highest BCUT2D eigenvalue weighted by molar-refractivity contribution is 6.12. The molecule has 0 spiro atoms. The van der Waals surface area contributed by atoms with Gasteiger partial charge in [0.25, 0.3) is 6.33 Å². The molecular weight excluding hydrogens is 855 g/mol. The molecule has 4 aromatic heterocycles. The highest BCUT2D eigenvalue weighted by atomic mass is 16.5. The van der Waals surface area contributed by atoms with Gasteiger partial charge in [0.1, 0.15) is 17.3 Å². The van der Waals surface area contributed by atoms with Crippen molar-refractivity contribution >= 4 is 54.6 Å². The largest absolute Gasteiger partial charge is 0.458 e. The minimum absolute atomic E-state index is 0.0643. The summed E-state index contributed by atoms with van der Waals surface area (Å²) in [7, 11) is 0. The van der Waals surface area contributed by atoms with Gasteiger partial charge in [0, 0.05) is 42.2 Å². The topological polar surface area (TPSA) is 40.8 Å². The molecule has 6 nitrogen and oxygen atoms in total. The fourth-order valence-electron chi connectivity index (χ4n) is 11.7. The highest BCUT2D eigenvalue weighted by Gasteiger charge is 2.28. The summed E-state index contributed by atoms with van der Waals surface area (Å²) < 4.78 is 35.9. The first-order valence-corrected chi connectivity index (χ1v) is 25.5. The number of hydrogen-bond acceptors (Lipinski definition) is 2. The van der Waals surface area contributed by atoms with Crippen LogP contribution in [0.2, 0.25) is 0 Å². The third kappa shape index (κ3) is 7.30. The number of imidazole rings is 1. The zero-order valence-corrected chi connectivity index (χ0v) is 40.4. The molecule has 13 rings (SSSR count). The van der Waals surface area contributed by atoms with Crippen LogP contribution in [0, 0.1) is 6.33 Å². The molecule has 0 aliphatic heterocycles. The molecule has 2 aliphatic rings. The van der Waals surface area contributed by atoms with E-state index in [-0.39, 0.29) is 5.41 Å². The van der Waals surface area contributed by atoms with Crippen LogP contribution >= 0.6 is 0 Å². The van der Waals surface area contributed by atoms with E-state index in [1.54, 1.807) is 0 Å². The maximum absolute atomic E-state index is 9.99. The number of para-hydroxylation sites is 5. The third-order valence-corrected chi connectivity index (χ3v) is 15.2. The van der Waals surface area contributed by atoms with Crippen LogP contribution < -0.4 is 9.30 Å². The van der Waals surface area contributed by atoms with Crippen molar-refractivity contribution in [3.8, 4) is 34.4 Å². The maximum Gasteiger partial charge on any atom is 0.269 e. The number of pyridine rings is 1. The summed E-state index contributed by atoms with van der Waals surface area (Å²) in [5, 5.41) is 4.72. The molecule has 2 aliphatic carbocycles. The van der Waals surface area contributed by atoms with Gasteiger partial charge in [-0.1, -0.05) is 144 Å². The summed E-state index contributed by atoms with van der Waals surface area (Å²) in [6.45, 7) is 6.73. The van der Waals surface area contributed by atoms with E-state index in [4.69, 9.17) is 9.72 Å². The molecule has 0 unspecified atom stereocenters. The monoisotopic (exact) mass is 915 g/mol. The molecular formula is C64H59N5O. The summed E-state index contributed by atoms with van der Waals surface area (Å²) >= 11 is 0. The smallest absolute Gasteiger partial charge is 0.269 e. The van der Waals surface area contributed by atoms with Crippen molar-refractivity contribution in [1.82, 2.24) is 18.7 Å². The first-order valence-electron chi connectivity index (χ1n) is 26.5. The Labute approximate surface area is 413 Å². The van der Waals surface area contributed by atoms with Crippen molar-refractivity contribution in [3.05, 3.63) is 193 Å². The molecule has 11 aromatic rings. The number of rotatable bonds is 8. The molecule has 4 heterocycles. The maximum atomic E-state index is 9.99. The number of aromatic nitrogens is 5. The molecule has 0 bridgehead atoms. The van der Waals surface area contributed by atoms with Gasteiger partial charge in [-0.05, 0) is 132 Å². The Bertz CT molecular complexity index is 3800. The molecule has 7 aromatic carbocycles. The summed E-state index contributed by atoms with van der Waals surface area (Å²) in [6, 6.07) is 58.1. The molecule has 2 saturated carbocycles. The SMILES string of the molecule is [2H]C1(c2cccc(C3([2H])CCCCC3)c2-[n+]2[c-]n(-c3cccc(Oc4ccc5c6cc(-n7c8ccccc8c8ccccc87)ccc6n(-c6cc(C(C)(C)C)ccn6)c5c4)c3)c3ccccc32)CCCCC1. The molecule has 6 heteroatoms. The van der Waals surface area contributed by atoms with Crippen molar-refractivity contribution in [2.75, 3.05) is 0 Å². The van der Waals surface area contributed by atoms with Gasteiger partial charge in [-0.25, -0.2) is 4.98 Å². The van der Waals surface area contributed by atoms with Gasteiger partial charge in [0.15, 0.2) is 0 Å².